The lowest BCUT2D eigenvalue weighted by atomic mass is 10.3. The Kier molecular flexibility index (Phi) is 4.21. The molecule has 0 N–H and O–H groups in total. The lowest BCUT2D eigenvalue weighted by Crippen LogP contribution is -1.97. The number of nitrogens with zero attached hydrogens (tertiary/aromatic N) is 1. The van der Waals surface area contributed by atoms with Crippen LogP contribution < -0.4 is 4.74 Å². The zero-order chi connectivity index (χ0) is 10.4. The number of hydrogen-bond donors (Lipinski definition) is 0. The molecule has 0 saturated carbocycles. The highest BCUT2D eigenvalue weighted by atomic mass is 35.5. The first-order valence-corrected chi connectivity index (χ1v) is 4.56. The molecule has 0 atom stereocenters. The zero-order valence-electron chi connectivity index (χ0n) is 7.46. The number of benzene rings is 1. The van der Waals surface area contributed by atoms with Crippen LogP contribution in [0, 0.1) is 17.1 Å². The minimum Gasteiger partial charge on any atom is -0.492 e. The molecule has 1 rings (SSSR count). The van der Waals surface area contributed by atoms with Crippen molar-refractivity contribution in [3.8, 4) is 11.8 Å². The number of halogens is 2. The van der Waals surface area contributed by atoms with E-state index in [1.807, 2.05) is 6.07 Å². The molecule has 1 aromatic carbocycles. The first kappa shape index (κ1) is 10.8. The van der Waals surface area contributed by atoms with Crippen LogP contribution in [0.5, 0.6) is 5.75 Å². The van der Waals surface area contributed by atoms with Crippen LogP contribution in [0.3, 0.4) is 0 Å². The molecule has 74 valence electrons. The van der Waals surface area contributed by atoms with Gasteiger partial charge in [-0.25, -0.2) is 4.39 Å². The highest BCUT2D eigenvalue weighted by Gasteiger charge is 2.02. The molecule has 2 nitrogen and oxygen atoms in total. The highest BCUT2D eigenvalue weighted by molar-refractivity contribution is 6.32. The largest absolute Gasteiger partial charge is 0.492 e. The number of unbranched alkanes of at least 4 members (excludes halogenated alkanes) is 1. The van der Waals surface area contributed by atoms with Gasteiger partial charge in [-0.05, 0) is 24.6 Å². The van der Waals surface area contributed by atoms with Gasteiger partial charge < -0.3 is 4.74 Å². The summed E-state index contributed by atoms with van der Waals surface area (Å²) in [6, 6.07) is 5.96. The second-order valence-corrected chi connectivity index (χ2v) is 3.09. The maximum atomic E-state index is 12.6. The van der Waals surface area contributed by atoms with E-state index in [0.717, 1.165) is 0 Å². The molecule has 0 aliphatic carbocycles. The van der Waals surface area contributed by atoms with Gasteiger partial charge in [-0.1, -0.05) is 11.6 Å². The Hall–Kier alpha value is -1.27. The summed E-state index contributed by atoms with van der Waals surface area (Å²) in [7, 11) is 0. The Morgan fingerprint density at radius 1 is 1.50 bits per heavy atom. The molecule has 0 heterocycles. The van der Waals surface area contributed by atoms with Gasteiger partial charge in [-0.3, -0.25) is 0 Å². The summed E-state index contributed by atoms with van der Waals surface area (Å²) in [6.45, 7) is 0.416. The fourth-order valence-electron chi connectivity index (χ4n) is 0.926. The van der Waals surface area contributed by atoms with E-state index >= 15 is 0 Å². The van der Waals surface area contributed by atoms with Crippen LogP contribution >= 0.6 is 11.6 Å². The molecule has 0 unspecified atom stereocenters. The lowest BCUT2D eigenvalue weighted by molar-refractivity contribution is 0.312. The van der Waals surface area contributed by atoms with Crippen LogP contribution in [-0.2, 0) is 0 Å². The van der Waals surface area contributed by atoms with Gasteiger partial charge in [0.15, 0.2) is 0 Å². The van der Waals surface area contributed by atoms with Crippen molar-refractivity contribution >= 4 is 11.6 Å². The Morgan fingerprint density at radius 3 is 2.93 bits per heavy atom. The summed E-state index contributed by atoms with van der Waals surface area (Å²) >= 11 is 5.71. The monoisotopic (exact) mass is 213 g/mol. The minimum absolute atomic E-state index is 0.252. The lowest BCUT2D eigenvalue weighted by Gasteiger charge is -2.06. The summed E-state index contributed by atoms with van der Waals surface area (Å²) in [5, 5.41) is 8.53. The normalized spacial score (nSPS) is 9.50. The molecule has 4 heteroatoms. The number of hydrogen-bond acceptors (Lipinski definition) is 2. The van der Waals surface area contributed by atoms with Gasteiger partial charge in [-0.2, -0.15) is 5.26 Å². The van der Waals surface area contributed by atoms with Crippen molar-refractivity contribution in [1.29, 1.82) is 5.26 Å². The zero-order valence-corrected chi connectivity index (χ0v) is 8.22. The van der Waals surface area contributed by atoms with Gasteiger partial charge >= 0.3 is 0 Å². The third-order valence-corrected chi connectivity index (χ3v) is 1.88. The molecule has 1 aromatic rings. The first-order valence-electron chi connectivity index (χ1n) is 4.19. The maximum Gasteiger partial charge on any atom is 0.138 e. The number of rotatable bonds is 4. The van der Waals surface area contributed by atoms with Crippen LogP contribution in [0.15, 0.2) is 18.2 Å². The topological polar surface area (TPSA) is 33.0 Å². The van der Waals surface area contributed by atoms with E-state index < -0.39 is 0 Å². The standard InChI is InChI=1S/C10H9ClFNO/c11-9-7-8(12)3-4-10(9)14-6-2-1-5-13/h3-4,7H,1-2,6H2. The first-order chi connectivity index (χ1) is 6.74. The van der Waals surface area contributed by atoms with Gasteiger partial charge in [0.1, 0.15) is 11.6 Å². The molecule has 0 aliphatic heterocycles. The summed E-state index contributed by atoms with van der Waals surface area (Å²) in [5.41, 5.74) is 0. The van der Waals surface area contributed by atoms with E-state index in [1.165, 1.54) is 18.2 Å². The van der Waals surface area contributed by atoms with E-state index in [2.05, 4.69) is 0 Å². The Balaban J connectivity index is 2.47. The van der Waals surface area contributed by atoms with Crippen molar-refractivity contribution in [2.45, 2.75) is 12.8 Å². The average Bonchev–Trinajstić information content (AvgIpc) is 2.15. The molecule has 0 aliphatic rings. The van der Waals surface area contributed by atoms with Crippen LogP contribution in [-0.4, -0.2) is 6.61 Å². The highest BCUT2D eigenvalue weighted by Crippen LogP contribution is 2.24. The Labute approximate surface area is 86.9 Å². The van der Waals surface area contributed by atoms with E-state index in [-0.39, 0.29) is 10.8 Å². The predicted octanol–water partition coefficient (Wildman–Crippen LogP) is 3.16. The quantitative estimate of drug-likeness (QED) is 0.720. The van der Waals surface area contributed by atoms with E-state index in [9.17, 15) is 4.39 Å². The summed E-state index contributed by atoms with van der Waals surface area (Å²) in [5.74, 6) is 0.0605. The van der Waals surface area contributed by atoms with Crippen molar-refractivity contribution in [1.82, 2.24) is 0 Å². The molecule has 14 heavy (non-hydrogen) atoms. The van der Waals surface area contributed by atoms with Crippen molar-refractivity contribution in [3.05, 3.63) is 29.0 Å². The van der Waals surface area contributed by atoms with Crippen LogP contribution in [0.1, 0.15) is 12.8 Å². The van der Waals surface area contributed by atoms with Gasteiger partial charge in [0, 0.05) is 6.42 Å². The van der Waals surface area contributed by atoms with Crippen LogP contribution in [0.4, 0.5) is 4.39 Å². The maximum absolute atomic E-state index is 12.6. The van der Waals surface area contributed by atoms with Gasteiger partial charge in [0.05, 0.1) is 17.7 Å². The fourth-order valence-corrected chi connectivity index (χ4v) is 1.15. The smallest absolute Gasteiger partial charge is 0.138 e. The molecule has 0 saturated heterocycles. The average molecular weight is 214 g/mol. The molecule has 0 aromatic heterocycles. The second-order valence-electron chi connectivity index (χ2n) is 2.68. The van der Waals surface area contributed by atoms with Crippen LogP contribution in [0.25, 0.3) is 0 Å². The van der Waals surface area contributed by atoms with E-state index in [0.29, 0.717) is 25.2 Å². The van der Waals surface area contributed by atoms with Gasteiger partial charge in [0.25, 0.3) is 0 Å². The van der Waals surface area contributed by atoms with Crippen molar-refractivity contribution in [3.63, 3.8) is 0 Å². The molecule has 0 fully saturated rings. The molecule has 0 bridgehead atoms. The molecule has 0 spiro atoms. The fraction of sp³-hybridized carbons (Fsp3) is 0.300. The summed E-state index contributed by atoms with van der Waals surface area (Å²) < 4.78 is 17.9. The third kappa shape index (κ3) is 3.23. The Bertz CT molecular complexity index is 348. The van der Waals surface area contributed by atoms with E-state index in [1.54, 1.807) is 0 Å². The van der Waals surface area contributed by atoms with Crippen molar-refractivity contribution < 1.29 is 9.13 Å². The van der Waals surface area contributed by atoms with Gasteiger partial charge in [-0.15, -0.1) is 0 Å². The molecule has 0 radical (unpaired) electrons. The summed E-state index contributed by atoms with van der Waals surface area (Å²) in [4.78, 5) is 0. The van der Waals surface area contributed by atoms with Crippen molar-refractivity contribution in [2.75, 3.05) is 6.61 Å². The molecular formula is C10H9ClFNO. The Morgan fingerprint density at radius 2 is 2.29 bits per heavy atom. The SMILES string of the molecule is N#CCCCOc1ccc(F)cc1Cl. The molecule has 0 amide bonds. The van der Waals surface area contributed by atoms with Gasteiger partial charge in [0.2, 0.25) is 0 Å². The third-order valence-electron chi connectivity index (χ3n) is 1.58. The number of ether oxygens (including phenoxy) is 1. The van der Waals surface area contributed by atoms with E-state index in [4.69, 9.17) is 21.6 Å². The van der Waals surface area contributed by atoms with Crippen molar-refractivity contribution in [2.24, 2.45) is 0 Å². The number of nitriles is 1. The summed E-state index contributed by atoms with van der Waals surface area (Å²) in [6.07, 6.45) is 1.09. The van der Waals surface area contributed by atoms with Crippen LogP contribution in [0.2, 0.25) is 5.02 Å². The minimum atomic E-state index is -0.389. The molecular weight excluding hydrogens is 205 g/mol. The predicted molar refractivity (Wildman–Crippen MR) is 51.8 cm³/mol. The second kappa shape index (κ2) is 5.46.